The molecule has 92 valence electrons. The Morgan fingerprint density at radius 3 is 2.28 bits per heavy atom. The van der Waals surface area contributed by atoms with Gasteiger partial charge in [0, 0.05) is 0 Å². The van der Waals surface area contributed by atoms with E-state index in [2.05, 4.69) is 4.89 Å². The molecule has 0 saturated heterocycles. The largest absolute Gasteiger partial charge is 0.478 e. The standard InChI is InChI=1S/C14H12O4/c15-14(16)13-8-4-3-7-12(13)11-6-2-1-5-10(11)9-18-17/h1-8,17H,9H2,(H,15,16). The fourth-order valence-electron chi connectivity index (χ4n) is 1.88. The van der Waals surface area contributed by atoms with E-state index in [1.54, 1.807) is 42.5 Å². The molecule has 0 spiro atoms. The average Bonchev–Trinajstić information content (AvgIpc) is 2.40. The van der Waals surface area contributed by atoms with E-state index in [9.17, 15) is 4.79 Å². The number of benzene rings is 2. The maximum Gasteiger partial charge on any atom is 0.336 e. The molecule has 0 radical (unpaired) electrons. The lowest BCUT2D eigenvalue weighted by Gasteiger charge is -2.10. The Kier molecular flexibility index (Phi) is 3.72. The molecule has 2 aromatic carbocycles. The predicted molar refractivity (Wildman–Crippen MR) is 66.3 cm³/mol. The molecular formula is C14H12O4. The first-order valence-corrected chi connectivity index (χ1v) is 5.41. The molecular weight excluding hydrogens is 232 g/mol. The summed E-state index contributed by atoms with van der Waals surface area (Å²) in [6.45, 7) is 0.0180. The third kappa shape index (κ3) is 2.40. The van der Waals surface area contributed by atoms with E-state index in [4.69, 9.17) is 10.4 Å². The summed E-state index contributed by atoms with van der Waals surface area (Å²) in [4.78, 5) is 15.3. The molecule has 0 aliphatic carbocycles. The molecule has 0 saturated carbocycles. The highest BCUT2D eigenvalue weighted by atomic mass is 17.1. The Hall–Kier alpha value is -2.17. The molecule has 0 heterocycles. The van der Waals surface area contributed by atoms with Gasteiger partial charge in [-0.3, -0.25) is 5.26 Å². The van der Waals surface area contributed by atoms with E-state index < -0.39 is 5.97 Å². The molecule has 0 aromatic heterocycles. The van der Waals surface area contributed by atoms with Gasteiger partial charge in [-0.2, -0.15) is 0 Å². The van der Waals surface area contributed by atoms with E-state index >= 15 is 0 Å². The molecule has 4 heteroatoms. The molecule has 0 aliphatic rings. The van der Waals surface area contributed by atoms with E-state index in [-0.39, 0.29) is 12.2 Å². The van der Waals surface area contributed by atoms with Crippen LogP contribution in [0.1, 0.15) is 15.9 Å². The Labute approximate surface area is 104 Å². The van der Waals surface area contributed by atoms with Crippen LogP contribution >= 0.6 is 0 Å². The molecule has 18 heavy (non-hydrogen) atoms. The van der Waals surface area contributed by atoms with Crippen LogP contribution in [0, 0.1) is 0 Å². The number of hydrogen-bond donors (Lipinski definition) is 2. The summed E-state index contributed by atoms with van der Waals surface area (Å²) in [6.07, 6.45) is 0. The first kappa shape index (κ1) is 12.3. The molecule has 0 bridgehead atoms. The minimum absolute atomic E-state index is 0.0180. The van der Waals surface area contributed by atoms with Crippen molar-refractivity contribution in [2.24, 2.45) is 0 Å². The van der Waals surface area contributed by atoms with Gasteiger partial charge in [0.2, 0.25) is 0 Å². The van der Waals surface area contributed by atoms with Crippen LogP contribution in [0.5, 0.6) is 0 Å². The third-order valence-electron chi connectivity index (χ3n) is 2.69. The monoisotopic (exact) mass is 244 g/mol. The van der Waals surface area contributed by atoms with E-state index in [0.29, 0.717) is 5.56 Å². The lowest BCUT2D eigenvalue weighted by Crippen LogP contribution is -2.01. The average molecular weight is 244 g/mol. The maximum atomic E-state index is 11.2. The van der Waals surface area contributed by atoms with E-state index in [1.165, 1.54) is 0 Å². The molecule has 0 aliphatic heterocycles. The van der Waals surface area contributed by atoms with Gasteiger partial charge >= 0.3 is 5.97 Å². The van der Waals surface area contributed by atoms with Crippen molar-refractivity contribution in [1.82, 2.24) is 0 Å². The minimum Gasteiger partial charge on any atom is -0.478 e. The fraction of sp³-hybridized carbons (Fsp3) is 0.0714. The molecule has 0 amide bonds. The van der Waals surface area contributed by atoms with Crippen molar-refractivity contribution >= 4 is 5.97 Å². The fourth-order valence-corrected chi connectivity index (χ4v) is 1.88. The van der Waals surface area contributed by atoms with Crippen LogP contribution in [0.15, 0.2) is 48.5 Å². The lowest BCUT2D eigenvalue weighted by molar-refractivity contribution is -0.252. The van der Waals surface area contributed by atoms with Gasteiger partial charge in [0.05, 0.1) is 5.56 Å². The van der Waals surface area contributed by atoms with Gasteiger partial charge < -0.3 is 5.11 Å². The van der Waals surface area contributed by atoms with Crippen molar-refractivity contribution in [3.8, 4) is 11.1 Å². The molecule has 0 fully saturated rings. The number of carboxylic acids is 1. The second-order valence-electron chi connectivity index (χ2n) is 3.78. The highest BCUT2D eigenvalue weighted by Crippen LogP contribution is 2.27. The molecule has 0 atom stereocenters. The number of hydrogen-bond acceptors (Lipinski definition) is 3. The van der Waals surface area contributed by atoms with Crippen LogP contribution in [-0.2, 0) is 11.5 Å². The highest BCUT2D eigenvalue weighted by Gasteiger charge is 2.13. The van der Waals surface area contributed by atoms with Gasteiger partial charge in [0.15, 0.2) is 0 Å². The first-order chi connectivity index (χ1) is 8.74. The van der Waals surface area contributed by atoms with E-state index in [1.807, 2.05) is 6.07 Å². The second-order valence-corrected chi connectivity index (χ2v) is 3.78. The second kappa shape index (κ2) is 5.44. The Morgan fingerprint density at radius 1 is 1.00 bits per heavy atom. The topological polar surface area (TPSA) is 66.8 Å². The summed E-state index contributed by atoms with van der Waals surface area (Å²) in [5.74, 6) is -0.981. The van der Waals surface area contributed by atoms with Crippen LogP contribution in [0.2, 0.25) is 0 Å². The zero-order valence-corrected chi connectivity index (χ0v) is 9.54. The van der Waals surface area contributed by atoms with Crippen LogP contribution < -0.4 is 0 Å². The smallest absolute Gasteiger partial charge is 0.336 e. The lowest BCUT2D eigenvalue weighted by atomic mass is 9.96. The summed E-state index contributed by atoms with van der Waals surface area (Å²) in [5.41, 5.74) is 2.30. The van der Waals surface area contributed by atoms with Crippen molar-refractivity contribution in [2.45, 2.75) is 6.61 Å². The van der Waals surface area contributed by atoms with Crippen molar-refractivity contribution in [1.29, 1.82) is 0 Å². The van der Waals surface area contributed by atoms with Crippen molar-refractivity contribution in [3.63, 3.8) is 0 Å². The van der Waals surface area contributed by atoms with Gasteiger partial charge in [0.1, 0.15) is 6.61 Å². The van der Waals surface area contributed by atoms with Crippen molar-refractivity contribution in [3.05, 3.63) is 59.7 Å². The molecule has 2 N–H and O–H groups in total. The van der Waals surface area contributed by atoms with Crippen LogP contribution in [0.25, 0.3) is 11.1 Å². The highest BCUT2D eigenvalue weighted by molar-refractivity contribution is 5.96. The summed E-state index contributed by atoms with van der Waals surface area (Å²) < 4.78 is 0. The zero-order chi connectivity index (χ0) is 13.0. The Bertz CT molecular complexity index is 563. The summed E-state index contributed by atoms with van der Waals surface area (Å²) >= 11 is 0. The van der Waals surface area contributed by atoms with Crippen molar-refractivity contribution in [2.75, 3.05) is 0 Å². The maximum absolute atomic E-state index is 11.2. The van der Waals surface area contributed by atoms with Crippen LogP contribution in [0.3, 0.4) is 0 Å². The van der Waals surface area contributed by atoms with Gasteiger partial charge in [-0.15, -0.1) is 0 Å². The number of carboxylic acid groups (broad SMARTS) is 1. The zero-order valence-electron chi connectivity index (χ0n) is 9.54. The molecule has 2 aromatic rings. The summed E-state index contributed by atoms with van der Waals surface area (Å²) in [5, 5.41) is 17.7. The van der Waals surface area contributed by atoms with Gasteiger partial charge in [-0.05, 0) is 22.8 Å². The van der Waals surface area contributed by atoms with Gasteiger partial charge in [0.25, 0.3) is 0 Å². The SMILES string of the molecule is O=C(O)c1ccccc1-c1ccccc1COO. The van der Waals surface area contributed by atoms with Gasteiger partial charge in [-0.25, -0.2) is 9.68 Å². The normalized spacial score (nSPS) is 10.3. The van der Waals surface area contributed by atoms with Crippen LogP contribution in [0.4, 0.5) is 0 Å². The summed E-state index contributed by atoms with van der Waals surface area (Å²) in [6, 6.07) is 13.9. The quantitative estimate of drug-likeness (QED) is 0.640. The van der Waals surface area contributed by atoms with Crippen molar-refractivity contribution < 1.29 is 20.0 Å². The molecule has 0 unspecified atom stereocenters. The van der Waals surface area contributed by atoms with E-state index in [0.717, 1.165) is 11.1 Å². The molecule has 2 rings (SSSR count). The predicted octanol–water partition coefficient (Wildman–Crippen LogP) is 3.04. The minimum atomic E-state index is -0.981. The Balaban J connectivity index is 2.58. The van der Waals surface area contributed by atoms with Crippen LogP contribution in [-0.4, -0.2) is 16.3 Å². The first-order valence-electron chi connectivity index (χ1n) is 5.41. The van der Waals surface area contributed by atoms with Gasteiger partial charge in [-0.1, -0.05) is 42.5 Å². The third-order valence-corrected chi connectivity index (χ3v) is 2.69. The number of rotatable bonds is 4. The number of carbonyl (C=O) groups is 1. The summed E-state index contributed by atoms with van der Waals surface area (Å²) in [7, 11) is 0. The Morgan fingerprint density at radius 2 is 1.61 bits per heavy atom. The molecule has 4 nitrogen and oxygen atoms in total. The number of aromatic carboxylic acids is 1.